The van der Waals surface area contributed by atoms with Crippen LogP contribution in [-0.2, 0) is 0 Å². The Morgan fingerprint density at radius 1 is 1.21 bits per heavy atom. The third-order valence-corrected chi connectivity index (χ3v) is 4.59. The summed E-state index contributed by atoms with van der Waals surface area (Å²) in [6.07, 6.45) is 3.96. The van der Waals surface area contributed by atoms with Gasteiger partial charge in [-0.3, -0.25) is 4.79 Å². The van der Waals surface area contributed by atoms with Gasteiger partial charge in [-0.15, -0.1) is 0 Å². The SMILES string of the molecule is CC1CCN(c2nccc(C(=O)NC(C)c3ccccc3)n2)CC1. The number of amides is 1. The molecule has 2 heterocycles. The van der Waals surface area contributed by atoms with Crippen molar-refractivity contribution in [3.8, 4) is 0 Å². The summed E-state index contributed by atoms with van der Waals surface area (Å²) in [5.74, 6) is 1.24. The average molecular weight is 324 g/mol. The van der Waals surface area contributed by atoms with Crippen LogP contribution >= 0.6 is 0 Å². The Morgan fingerprint density at radius 3 is 2.62 bits per heavy atom. The zero-order valence-electron chi connectivity index (χ0n) is 14.3. The fourth-order valence-electron chi connectivity index (χ4n) is 2.93. The summed E-state index contributed by atoms with van der Waals surface area (Å²) < 4.78 is 0. The maximum Gasteiger partial charge on any atom is 0.270 e. The Morgan fingerprint density at radius 2 is 1.92 bits per heavy atom. The first-order valence-corrected chi connectivity index (χ1v) is 8.57. The topological polar surface area (TPSA) is 58.1 Å². The Kier molecular flexibility index (Phi) is 5.08. The Balaban J connectivity index is 1.68. The van der Waals surface area contributed by atoms with E-state index in [0.29, 0.717) is 11.6 Å². The number of benzene rings is 1. The molecule has 1 aromatic carbocycles. The minimum atomic E-state index is -0.166. The first-order chi connectivity index (χ1) is 11.6. The summed E-state index contributed by atoms with van der Waals surface area (Å²) in [7, 11) is 0. The van der Waals surface area contributed by atoms with Crippen molar-refractivity contribution >= 4 is 11.9 Å². The molecule has 1 aliphatic rings. The van der Waals surface area contributed by atoms with Crippen molar-refractivity contribution in [1.29, 1.82) is 0 Å². The first-order valence-electron chi connectivity index (χ1n) is 8.57. The minimum Gasteiger partial charge on any atom is -0.344 e. The summed E-state index contributed by atoms with van der Waals surface area (Å²) >= 11 is 0. The van der Waals surface area contributed by atoms with E-state index in [1.807, 2.05) is 37.3 Å². The molecule has 126 valence electrons. The lowest BCUT2D eigenvalue weighted by molar-refractivity contribution is 0.0934. The van der Waals surface area contributed by atoms with Crippen molar-refractivity contribution in [2.24, 2.45) is 5.92 Å². The van der Waals surface area contributed by atoms with Crippen LogP contribution in [0.25, 0.3) is 0 Å². The molecule has 1 saturated heterocycles. The van der Waals surface area contributed by atoms with E-state index in [1.54, 1.807) is 12.3 Å². The molecule has 5 heteroatoms. The summed E-state index contributed by atoms with van der Waals surface area (Å²) in [5, 5.41) is 3.00. The van der Waals surface area contributed by atoms with Crippen molar-refractivity contribution in [2.75, 3.05) is 18.0 Å². The highest BCUT2D eigenvalue weighted by molar-refractivity contribution is 5.92. The minimum absolute atomic E-state index is 0.0621. The fraction of sp³-hybridized carbons (Fsp3) is 0.421. The van der Waals surface area contributed by atoms with Crippen molar-refractivity contribution in [1.82, 2.24) is 15.3 Å². The second kappa shape index (κ2) is 7.43. The number of nitrogens with zero attached hydrogens (tertiary/aromatic N) is 3. The van der Waals surface area contributed by atoms with E-state index in [2.05, 4.69) is 27.1 Å². The molecule has 1 aliphatic heterocycles. The highest BCUT2D eigenvalue weighted by Gasteiger charge is 2.19. The number of rotatable bonds is 4. The van der Waals surface area contributed by atoms with Gasteiger partial charge in [0.15, 0.2) is 0 Å². The van der Waals surface area contributed by atoms with Crippen molar-refractivity contribution in [3.05, 3.63) is 53.9 Å². The first kappa shape index (κ1) is 16.4. The maximum absolute atomic E-state index is 12.5. The quantitative estimate of drug-likeness (QED) is 0.938. The van der Waals surface area contributed by atoms with Crippen LogP contribution in [0, 0.1) is 5.92 Å². The predicted octanol–water partition coefficient (Wildman–Crippen LogP) is 3.20. The number of anilines is 1. The molecule has 0 bridgehead atoms. The van der Waals surface area contributed by atoms with E-state index < -0.39 is 0 Å². The standard InChI is InChI=1S/C19H24N4O/c1-14-9-12-23(13-10-14)19-20-11-8-17(22-19)18(24)21-15(2)16-6-4-3-5-7-16/h3-8,11,14-15H,9-10,12-13H2,1-2H3,(H,21,24). The molecule has 3 rings (SSSR count). The molecule has 0 saturated carbocycles. The molecule has 24 heavy (non-hydrogen) atoms. The molecule has 5 nitrogen and oxygen atoms in total. The van der Waals surface area contributed by atoms with Gasteiger partial charge >= 0.3 is 0 Å². The molecule has 1 atom stereocenters. The Hall–Kier alpha value is -2.43. The number of nitrogens with one attached hydrogen (secondary N) is 1. The molecule has 1 fully saturated rings. The highest BCUT2D eigenvalue weighted by atomic mass is 16.1. The predicted molar refractivity (Wildman–Crippen MR) is 95.0 cm³/mol. The normalized spacial score (nSPS) is 16.7. The van der Waals surface area contributed by atoms with Crippen molar-refractivity contribution in [2.45, 2.75) is 32.7 Å². The second-order valence-electron chi connectivity index (χ2n) is 6.52. The van der Waals surface area contributed by atoms with E-state index in [4.69, 9.17) is 0 Å². The number of carbonyl (C=O) groups excluding carboxylic acids is 1. The summed E-state index contributed by atoms with van der Waals surface area (Å²) in [4.78, 5) is 23.5. The van der Waals surface area contributed by atoms with Gasteiger partial charge < -0.3 is 10.2 Å². The number of aromatic nitrogens is 2. The molecule has 1 aromatic heterocycles. The monoisotopic (exact) mass is 324 g/mol. The van der Waals surface area contributed by atoms with Gasteiger partial charge in [-0.1, -0.05) is 37.3 Å². The van der Waals surface area contributed by atoms with Gasteiger partial charge in [0.1, 0.15) is 5.69 Å². The summed E-state index contributed by atoms with van der Waals surface area (Å²) in [6, 6.07) is 11.5. The number of hydrogen-bond acceptors (Lipinski definition) is 4. The van der Waals surface area contributed by atoms with Gasteiger partial charge in [0.25, 0.3) is 5.91 Å². The third-order valence-electron chi connectivity index (χ3n) is 4.59. The van der Waals surface area contributed by atoms with E-state index in [1.165, 1.54) is 0 Å². The van der Waals surface area contributed by atoms with Gasteiger partial charge in [0.2, 0.25) is 5.95 Å². The number of piperidine rings is 1. The van der Waals surface area contributed by atoms with Crippen LogP contribution in [-0.4, -0.2) is 29.0 Å². The highest BCUT2D eigenvalue weighted by Crippen LogP contribution is 2.20. The molecule has 0 radical (unpaired) electrons. The smallest absolute Gasteiger partial charge is 0.270 e. The lowest BCUT2D eigenvalue weighted by Crippen LogP contribution is -2.35. The molecular formula is C19H24N4O. The second-order valence-corrected chi connectivity index (χ2v) is 6.52. The number of carbonyl (C=O) groups is 1. The van der Waals surface area contributed by atoms with Crippen molar-refractivity contribution in [3.63, 3.8) is 0 Å². The zero-order valence-corrected chi connectivity index (χ0v) is 14.3. The molecule has 2 aromatic rings. The zero-order chi connectivity index (χ0) is 16.9. The molecule has 1 N–H and O–H groups in total. The average Bonchev–Trinajstić information content (AvgIpc) is 2.63. The molecule has 1 amide bonds. The summed E-state index contributed by atoms with van der Waals surface area (Å²) in [5.41, 5.74) is 1.49. The van der Waals surface area contributed by atoms with E-state index in [-0.39, 0.29) is 11.9 Å². The van der Waals surface area contributed by atoms with Crippen LogP contribution in [0.5, 0.6) is 0 Å². The fourth-order valence-corrected chi connectivity index (χ4v) is 2.93. The Bertz CT molecular complexity index is 681. The van der Waals surface area contributed by atoms with E-state index in [9.17, 15) is 4.79 Å². The molecule has 1 unspecified atom stereocenters. The largest absolute Gasteiger partial charge is 0.344 e. The maximum atomic E-state index is 12.5. The molecular weight excluding hydrogens is 300 g/mol. The molecule has 0 spiro atoms. The van der Waals surface area contributed by atoms with E-state index in [0.717, 1.165) is 37.4 Å². The van der Waals surface area contributed by atoms with Gasteiger partial charge in [-0.05, 0) is 37.3 Å². The summed E-state index contributed by atoms with van der Waals surface area (Å²) in [6.45, 7) is 6.15. The van der Waals surface area contributed by atoms with Gasteiger partial charge in [-0.25, -0.2) is 9.97 Å². The van der Waals surface area contributed by atoms with E-state index >= 15 is 0 Å². The van der Waals surface area contributed by atoms with Crippen LogP contribution < -0.4 is 10.2 Å². The lowest BCUT2D eigenvalue weighted by Gasteiger charge is -2.30. The number of hydrogen-bond donors (Lipinski definition) is 1. The van der Waals surface area contributed by atoms with Crippen LogP contribution in [0.1, 0.15) is 48.8 Å². The van der Waals surface area contributed by atoms with Gasteiger partial charge in [0.05, 0.1) is 6.04 Å². The lowest BCUT2D eigenvalue weighted by atomic mass is 10.00. The molecule has 0 aliphatic carbocycles. The van der Waals surface area contributed by atoms with Crippen LogP contribution in [0.15, 0.2) is 42.6 Å². The van der Waals surface area contributed by atoms with Gasteiger partial charge in [-0.2, -0.15) is 0 Å². The van der Waals surface area contributed by atoms with Crippen LogP contribution in [0.2, 0.25) is 0 Å². The van der Waals surface area contributed by atoms with Crippen LogP contribution in [0.4, 0.5) is 5.95 Å². The van der Waals surface area contributed by atoms with Crippen molar-refractivity contribution < 1.29 is 4.79 Å². The van der Waals surface area contributed by atoms with Crippen LogP contribution in [0.3, 0.4) is 0 Å². The van der Waals surface area contributed by atoms with Gasteiger partial charge in [0, 0.05) is 19.3 Å². The third kappa shape index (κ3) is 3.91. The Labute approximate surface area is 143 Å².